The first-order valence-electron chi connectivity index (χ1n) is 2.13. The summed E-state index contributed by atoms with van der Waals surface area (Å²) >= 11 is 0. The predicted octanol–water partition coefficient (Wildman–Crippen LogP) is -7.03. The maximum atomic E-state index is 8.93. The molecule has 0 fully saturated rings. The maximum Gasteiger partial charge on any atom is 3.00 e. The Balaban J connectivity index is -0.0000000625. The van der Waals surface area contributed by atoms with Gasteiger partial charge in [0.15, 0.2) is 0 Å². The molecule has 4 N–H and O–H groups in total. The van der Waals surface area contributed by atoms with E-state index in [1.165, 1.54) is 0 Å². The Morgan fingerprint density at radius 3 is 0.643 bits per heavy atom. The summed E-state index contributed by atoms with van der Waals surface area (Å²) in [5.74, 6) is -8.74. The molecule has 0 aromatic rings. The van der Waals surface area contributed by atoms with E-state index in [0.29, 0.717) is 0 Å². The second-order valence-corrected chi connectivity index (χ2v) is 1.15. The molecule has 0 saturated heterocycles. The van der Waals surface area contributed by atoms with Gasteiger partial charge in [0.1, 0.15) is 0 Å². The van der Waals surface area contributed by atoms with E-state index in [9.17, 15) is 0 Å². The molecule has 0 spiro atoms. The van der Waals surface area contributed by atoms with Crippen LogP contribution in [0.3, 0.4) is 0 Å². The van der Waals surface area contributed by atoms with Gasteiger partial charge in [0, 0.05) is 0 Å². The number of carbonyl (C=O) groups excluding carboxylic acids is 4. The molecule has 14 heavy (non-hydrogen) atoms. The fourth-order valence-electron chi connectivity index (χ4n) is 0. The summed E-state index contributed by atoms with van der Waals surface area (Å²) < 4.78 is 0. The van der Waals surface area contributed by atoms with Crippen molar-refractivity contribution in [3.05, 3.63) is 0 Å². The molecule has 0 aliphatic carbocycles. The number of rotatable bonds is 0. The minimum absolute atomic E-state index is 0. The van der Waals surface area contributed by atoms with E-state index >= 15 is 0 Å². The monoisotopic (exact) mass is 315 g/mol. The summed E-state index contributed by atoms with van der Waals surface area (Å²) in [7, 11) is 0. The van der Waals surface area contributed by atoms with E-state index in [-0.39, 0.29) is 30.6 Å². The van der Waals surface area contributed by atoms with Crippen LogP contribution < -0.4 is 26.6 Å². The Kier molecular flexibility index (Phi) is 19.1. The first-order chi connectivity index (χ1) is 5.29. The number of carbonyl (C=O) groups is 4. The molecule has 9 nitrogen and oxygen atoms in total. The molecule has 0 bridgehead atoms. The molecular weight excluding hydrogens is 312 g/mol. The largest absolute Gasteiger partial charge is 3.00 e. The predicted molar refractivity (Wildman–Crippen MR) is 31.8 cm³/mol. The van der Waals surface area contributed by atoms with Crippen LogP contribution in [0.15, 0.2) is 0 Å². The zero-order chi connectivity index (χ0) is 10.3. The van der Waals surface area contributed by atoms with Crippen LogP contribution in [0.25, 0.3) is 0 Å². The van der Waals surface area contributed by atoms with Crippen LogP contribution in [0.2, 0.25) is 0 Å². The van der Waals surface area contributed by atoms with Gasteiger partial charge in [0.05, 0.1) is 23.9 Å². The maximum absolute atomic E-state index is 8.93. The van der Waals surface area contributed by atoms with Gasteiger partial charge < -0.3 is 45.8 Å². The molecule has 0 aromatic carbocycles. The third-order valence-corrected chi connectivity index (χ3v) is 0.333. The topological polar surface area (TPSA) is 197 Å². The number of carboxylic acid groups (broad SMARTS) is 4. The van der Waals surface area contributed by atoms with Gasteiger partial charge in [-0.25, -0.2) is 0 Å². The molecular formula is C4H4NO8Sb. The quantitative estimate of drug-likeness (QED) is 0.335. The number of hydrogen-bond donors (Lipinski definition) is 1. The number of quaternary nitrogens is 1. The average molecular weight is 316 g/mol. The van der Waals surface area contributed by atoms with Crippen LogP contribution in [0.4, 0.5) is 0 Å². The number of carboxylic acids is 4. The molecule has 0 saturated carbocycles. The SMILES string of the molecule is O=C([O-])C(=O)[O-].O=C([O-])C(=O)[O-].[NH4+].[Sb+3]. The standard InChI is InChI=1S/2C2H2O4.H3N.Sb/c2*3-1(4)2(5)6;;/h2*(H,3,4)(H,5,6);1H3;/q;;;+3/p-3. The van der Waals surface area contributed by atoms with Crippen molar-refractivity contribution in [1.82, 2.24) is 6.15 Å². The molecule has 78 valence electrons. The Labute approximate surface area is 94.4 Å². The van der Waals surface area contributed by atoms with Crippen molar-refractivity contribution in [3.8, 4) is 0 Å². The minimum atomic E-state index is -2.19. The van der Waals surface area contributed by atoms with Crippen LogP contribution >= 0.6 is 0 Å². The van der Waals surface area contributed by atoms with E-state index in [1.807, 2.05) is 0 Å². The minimum Gasteiger partial charge on any atom is -0.543 e. The molecule has 0 atom stereocenters. The van der Waals surface area contributed by atoms with Gasteiger partial charge in [0.25, 0.3) is 0 Å². The van der Waals surface area contributed by atoms with Crippen molar-refractivity contribution in [2.75, 3.05) is 0 Å². The fourth-order valence-corrected chi connectivity index (χ4v) is 0. The summed E-state index contributed by atoms with van der Waals surface area (Å²) in [6, 6.07) is 0. The zero-order valence-electron chi connectivity index (χ0n) is 6.71. The summed E-state index contributed by atoms with van der Waals surface area (Å²) in [4.78, 5) is 35.7. The van der Waals surface area contributed by atoms with Crippen molar-refractivity contribution in [2.24, 2.45) is 0 Å². The van der Waals surface area contributed by atoms with Crippen LogP contribution in [-0.2, 0) is 19.2 Å². The van der Waals surface area contributed by atoms with Crippen molar-refractivity contribution in [2.45, 2.75) is 0 Å². The first kappa shape index (κ1) is 22.9. The molecule has 10 heteroatoms. The Hall–Kier alpha value is -1.34. The second-order valence-electron chi connectivity index (χ2n) is 1.15. The fraction of sp³-hybridized carbons (Fsp3) is 0. The molecule has 0 unspecified atom stereocenters. The second kappa shape index (κ2) is 11.7. The van der Waals surface area contributed by atoms with E-state index in [2.05, 4.69) is 0 Å². The van der Waals surface area contributed by atoms with E-state index in [1.54, 1.807) is 0 Å². The van der Waals surface area contributed by atoms with E-state index in [0.717, 1.165) is 0 Å². The summed E-state index contributed by atoms with van der Waals surface area (Å²) in [5, 5.41) is 35.7. The van der Waals surface area contributed by atoms with E-state index in [4.69, 9.17) is 39.6 Å². The first-order valence-corrected chi connectivity index (χ1v) is 2.13. The Morgan fingerprint density at radius 1 is 0.571 bits per heavy atom. The van der Waals surface area contributed by atoms with Crippen molar-refractivity contribution in [3.63, 3.8) is 0 Å². The van der Waals surface area contributed by atoms with Gasteiger partial charge in [-0.2, -0.15) is 0 Å². The van der Waals surface area contributed by atoms with Gasteiger partial charge >= 0.3 is 24.4 Å². The molecule has 0 amide bonds. The Morgan fingerprint density at radius 2 is 0.643 bits per heavy atom. The molecule has 0 aliphatic heterocycles. The molecule has 0 aromatic heterocycles. The van der Waals surface area contributed by atoms with Crippen molar-refractivity contribution >= 4 is 48.3 Å². The third kappa shape index (κ3) is 22.4. The zero-order valence-corrected chi connectivity index (χ0v) is 9.27. The smallest absolute Gasteiger partial charge is 0.543 e. The molecule has 0 heterocycles. The van der Waals surface area contributed by atoms with Crippen LogP contribution in [0.1, 0.15) is 0 Å². The van der Waals surface area contributed by atoms with Crippen molar-refractivity contribution in [1.29, 1.82) is 0 Å². The third-order valence-electron chi connectivity index (χ3n) is 0.333. The number of aliphatic carboxylic acids is 4. The van der Waals surface area contributed by atoms with Crippen molar-refractivity contribution < 1.29 is 39.6 Å². The summed E-state index contributed by atoms with van der Waals surface area (Å²) in [6.45, 7) is 0. The average Bonchev–Trinajstić information content (AvgIpc) is 1.88. The van der Waals surface area contributed by atoms with Gasteiger partial charge in [-0.05, 0) is 0 Å². The van der Waals surface area contributed by atoms with Crippen LogP contribution in [0, 0.1) is 0 Å². The van der Waals surface area contributed by atoms with Gasteiger partial charge in [-0.15, -0.1) is 0 Å². The van der Waals surface area contributed by atoms with Crippen LogP contribution in [-0.4, -0.2) is 48.3 Å². The normalized spacial score (nSPS) is 6.29. The summed E-state index contributed by atoms with van der Waals surface area (Å²) in [5.41, 5.74) is 0. The molecule has 0 aliphatic rings. The van der Waals surface area contributed by atoms with E-state index < -0.39 is 23.9 Å². The molecule has 0 rings (SSSR count). The summed E-state index contributed by atoms with van der Waals surface area (Å²) in [6.07, 6.45) is 0. The molecule has 2 radical (unpaired) electrons. The van der Waals surface area contributed by atoms with Gasteiger partial charge in [-0.3, -0.25) is 0 Å². The number of hydrogen-bond acceptors (Lipinski definition) is 8. The van der Waals surface area contributed by atoms with Gasteiger partial charge in [-0.1, -0.05) is 0 Å². The Bertz CT molecular complexity index is 177. The van der Waals surface area contributed by atoms with Crippen LogP contribution in [0.5, 0.6) is 0 Å². The van der Waals surface area contributed by atoms with Gasteiger partial charge in [0.2, 0.25) is 0 Å².